The van der Waals surface area contributed by atoms with Crippen LogP contribution in [-0.2, 0) is 0 Å². The maximum Gasteiger partial charge on any atom is 0.122 e. The van der Waals surface area contributed by atoms with E-state index in [1.54, 1.807) is 0 Å². The lowest BCUT2D eigenvalue weighted by molar-refractivity contribution is 0.258. The Kier molecular flexibility index (Phi) is 5.59. The van der Waals surface area contributed by atoms with Crippen LogP contribution in [0.5, 0.6) is 5.75 Å². The molecule has 1 aromatic carbocycles. The second-order valence-corrected chi connectivity index (χ2v) is 6.05. The molecule has 0 spiro atoms. The first-order valence-electron chi connectivity index (χ1n) is 7.17. The number of hydrogen-bond acceptors (Lipinski definition) is 3. The number of nitrogens with zero attached hydrogens (tertiary/aromatic N) is 1. The highest BCUT2D eigenvalue weighted by Crippen LogP contribution is 2.24. The molecule has 1 unspecified atom stereocenters. The molecule has 0 aromatic heterocycles. The van der Waals surface area contributed by atoms with Crippen LogP contribution in [0.1, 0.15) is 43.9 Å². The zero-order valence-electron chi connectivity index (χ0n) is 13.5. The van der Waals surface area contributed by atoms with E-state index >= 15 is 0 Å². The number of ether oxygens (including phenoxy) is 1. The van der Waals surface area contributed by atoms with Crippen LogP contribution in [0.4, 0.5) is 0 Å². The molecule has 0 aliphatic heterocycles. The van der Waals surface area contributed by atoms with E-state index in [0.717, 1.165) is 5.75 Å². The maximum atomic E-state index is 9.31. The molecule has 0 fully saturated rings. The Morgan fingerprint density at radius 3 is 2.50 bits per heavy atom. The summed E-state index contributed by atoms with van der Waals surface area (Å²) in [4.78, 5) is 0. The van der Waals surface area contributed by atoms with E-state index in [0.29, 0.717) is 13.0 Å². The fourth-order valence-corrected chi connectivity index (χ4v) is 2.31. The molecule has 1 N–H and O–H groups in total. The first-order chi connectivity index (χ1) is 9.27. The minimum Gasteiger partial charge on any atom is -0.493 e. The summed E-state index contributed by atoms with van der Waals surface area (Å²) in [7, 11) is 0. The topological polar surface area (TPSA) is 45.0 Å². The normalized spacial score (nSPS) is 13.9. The van der Waals surface area contributed by atoms with Crippen molar-refractivity contribution in [1.82, 2.24) is 5.32 Å². The molecular formula is C17H26N2O. The molecule has 1 atom stereocenters. The van der Waals surface area contributed by atoms with Crippen molar-refractivity contribution in [3.63, 3.8) is 0 Å². The van der Waals surface area contributed by atoms with Gasteiger partial charge in [0.15, 0.2) is 0 Å². The Morgan fingerprint density at radius 1 is 1.30 bits per heavy atom. The van der Waals surface area contributed by atoms with Gasteiger partial charge in [0.2, 0.25) is 0 Å². The van der Waals surface area contributed by atoms with Crippen LogP contribution < -0.4 is 10.1 Å². The molecule has 0 amide bonds. The van der Waals surface area contributed by atoms with E-state index < -0.39 is 5.54 Å². The Bertz CT molecular complexity index is 502. The van der Waals surface area contributed by atoms with Gasteiger partial charge >= 0.3 is 0 Å². The van der Waals surface area contributed by atoms with Gasteiger partial charge in [-0.15, -0.1) is 0 Å². The molecule has 110 valence electrons. The highest BCUT2D eigenvalue weighted by molar-refractivity contribution is 5.41. The molecule has 1 rings (SSSR count). The largest absolute Gasteiger partial charge is 0.493 e. The minimum atomic E-state index is -0.541. The first-order valence-corrected chi connectivity index (χ1v) is 7.17. The molecular weight excluding hydrogens is 248 g/mol. The average Bonchev–Trinajstić information content (AvgIpc) is 2.34. The monoisotopic (exact) mass is 274 g/mol. The summed E-state index contributed by atoms with van der Waals surface area (Å²) in [5.41, 5.74) is 3.07. The molecule has 0 aliphatic rings. The van der Waals surface area contributed by atoms with E-state index in [1.807, 2.05) is 20.8 Å². The Morgan fingerprint density at radius 2 is 1.95 bits per heavy atom. The predicted molar refractivity (Wildman–Crippen MR) is 83.1 cm³/mol. The number of benzene rings is 1. The lowest BCUT2D eigenvalue weighted by Crippen LogP contribution is -2.45. The van der Waals surface area contributed by atoms with Crippen molar-refractivity contribution in [3.8, 4) is 11.8 Å². The van der Waals surface area contributed by atoms with Gasteiger partial charge < -0.3 is 4.74 Å². The summed E-state index contributed by atoms with van der Waals surface area (Å²) in [6.45, 7) is 12.8. The van der Waals surface area contributed by atoms with Crippen molar-refractivity contribution in [3.05, 3.63) is 28.8 Å². The van der Waals surface area contributed by atoms with Crippen LogP contribution in [-0.4, -0.2) is 18.2 Å². The lowest BCUT2D eigenvalue weighted by Gasteiger charge is -2.26. The number of rotatable bonds is 6. The third-order valence-electron chi connectivity index (χ3n) is 3.48. The van der Waals surface area contributed by atoms with E-state index in [4.69, 9.17) is 4.74 Å². The average molecular weight is 274 g/mol. The number of aryl methyl sites for hydroxylation is 2. The number of nitriles is 1. The summed E-state index contributed by atoms with van der Waals surface area (Å²) >= 11 is 0. The SMILES string of the molecule is Cc1cc(C)c(C)c(OCCC(C)(C#N)NC(C)C)c1. The summed E-state index contributed by atoms with van der Waals surface area (Å²) in [5.74, 6) is 0.923. The van der Waals surface area contributed by atoms with Crippen LogP contribution in [0, 0.1) is 32.1 Å². The molecule has 0 radical (unpaired) electrons. The molecule has 0 bridgehead atoms. The fraction of sp³-hybridized carbons (Fsp3) is 0.588. The molecule has 3 heteroatoms. The lowest BCUT2D eigenvalue weighted by atomic mass is 9.99. The van der Waals surface area contributed by atoms with Crippen molar-refractivity contribution in [2.24, 2.45) is 0 Å². The van der Waals surface area contributed by atoms with Gasteiger partial charge in [-0.05, 0) is 64.3 Å². The Hall–Kier alpha value is -1.53. The maximum absolute atomic E-state index is 9.31. The summed E-state index contributed by atoms with van der Waals surface area (Å²) in [6, 6.07) is 6.83. The first kappa shape index (κ1) is 16.5. The van der Waals surface area contributed by atoms with Crippen molar-refractivity contribution in [1.29, 1.82) is 5.26 Å². The van der Waals surface area contributed by atoms with Gasteiger partial charge in [0.25, 0.3) is 0 Å². The Labute approximate surface area is 123 Å². The van der Waals surface area contributed by atoms with E-state index in [1.165, 1.54) is 16.7 Å². The van der Waals surface area contributed by atoms with Crippen molar-refractivity contribution >= 4 is 0 Å². The number of nitrogens with one attached hydrogen (secondary N) is 1. The zero-order valence-corrected chi connectivity index (χ0v) is 13.5. The van der Waals surface area contributed by atoms with E-state index in [9.17, 15) is 5.26 Å². The molecule has 20 heavy (non-hydrogen) atoms. The highest BCUT2D eigenvalue weighted by atomic mass is 16.5. The second kappa shape index (κ2) is 6.76. The van der Waals surface area contributed by atoms with E-state index in [2.05, 4.69) is 44.3 Å². The van der Waals surface area contributed by atoms with Gasteiger partial charge in [0, 0.05) is 12.5 Å². The van der Waals surface area contributed by atoms with Gasteiger partial charge in [-0.3, -0.25) is 5.32 Å². The zero-order chi connectivity index (χ0) is 15.3. The van der Waals surface area contributed by atoms with Crippen LogP contribution in [0.3, 0.4) is 0 Å². The predicted octanol–water partition coefficient (Wildman–Crippen LogP) is 3.66. The summed E-state index contributed by atoms with van der Waals surface area (Å²) in [5, 5.41) is 12.6. The fourth-order valence-electron chi connectivity index (χ4n) is 2.31. The van der Waals surface area contributed by atoms with Gasteiger partial charge in [0.05, 0.1) is 12.7 Å². The molecule has 0 saturated carbocycles. The molecule has 3 nitrogen and oxygen atoms in total. The highest BCUT2D eigenvalue weighted by Gasteiger charge is 2.24. The molecule has 1 aromatic rings. The van der Waals surface area contributed by atoms with E-state index in [-0.39, 0.29) is 6.04 Å². The number of hydrogen-bond donors (Lipinski definition) is 1. The summed E-state index contributed by atoms with van der Waals surface area (Å²) < 4.78 is 5.89. The van der Waals surface area contributed by atoms with Crippen molar-refractivity contribution in [2.45, 2.75) is 59.5 Å². The standard InChI is InChI=1S/C17H26N2O/c1-12(2)19-17(6,11-18)7-8-20-16-10-13(3)9-14(4)15(16)5/h9-10,12,19H,7-8H2,1-6H3. The third-order valence-corrected chi connectivity index (χ3v) is 3.48. The van der Waals surface area contributed by atoms with Gasteiger partial charge in [-0.1, -0.05) is 6.07 Å². The van der Waals surface area contributed by atoms with Crippen LogP contribution in [0.15, 0.2) is 12.1 Å². The molecule has 0 aliphatic carbocycles. The molecule has 0 heterocycles. The molecule has 0 saturated heterocycles. The van der Waals surface area contributed by atoms with Crippen molar-refractivity contribution < 1.29 is 4.74 Å². The van der Waals surface area contributed by atoms with Crippen LogP contribution in [0.25, 0.3) is 0 Å². The quantitative estimate of drug-likeness (QED) is 0.861. The Balaban J connectivity index is 2.67. The van der Waals surface area contributed by atoms with Gasteiger partial charge in [0.1, 0.15) is 11.3 Å². The second-order valence-electron chi connectivity index (χ2n) is 6.05. The smallest absolute Gasteiger partial charge is 0.122 e. The van der Waals surface area contributed by atoms with Crippen LogP contribution >= 0.6 is 0 Å². The minimum absolute atomic E-state index is 0.280. The third kappa shape index (κ3) is 4.54. The van der Waals surface area contributed by atoms with Crippen LogP contribution in [0.2, 0.25) is 0 Å². The van der Waals surface area contributed by atoms with Gasteiger partial charge in [-0.2, -0.15) is 5.26 Å². The van der Waals surface area contributed by atoms with Crippen molar-refractivity contribution in [2.75, 3.05) is 6.61 Å². The summed E-state index contributed by atoms with van der Waals surface area (Å²) in [6.07, 6.45) is 0.661. The van der Waals surface area contributed by atoms with Gasteiger partial charge in [-0.25, -0.2) is 0 Å².